The van der Waals surface area contributed by atoms with E-state index in [2.05, 4.69) is 5.10 Å². The largest absolute Gasteiger partial charge is 0.497 e. The van der Waals surface area contributed by atoms with Crippen molar-refractivity contribution in [3.8, 4) is 11.4 Å². The summed E-state index contributed by atoms with van der Waals surface area (Å²) >= 11 is 0. The molecule has 0 radical (unpaired) electrons. The highest BCUT2D eigenvalue weighted by atomic mass is 16.5. The van der Waals surface area contributed by atoms with E-state index < -0.39 is 0 Å². The van der Waals surface area contributed by atoms with Crippen LogP contribution in [0.1, 0.15) is 35.9 Å². The quantitative estimate of drug-likeness (QED) is 0.926. The van der Waals surface area contributed by atoms with Crippen LogP contribution in [0.3, 0.4) is 0 Å². The van der Waals surface area contributed by atoms with Gasteiger partial charge in [-0.2, -0.15) is 5.10 Å². The molecular formula is C19H25N3O3. The molecule has 0 aliphatic carbocycles. The average Bonchev–Trinajstić information content (AvgIpc) is 3.03. The molecule has 25 heavy (non-hydrogen) atoms. The van der Waals surface area contributed by atoms with Gasteiger partial charge >= 0.3 is 0 Å². The fourth-order valence-corrected chi connectivity index (χ4v) is 3.34. The maximum absolute atomic E-state index is 12.8. The van der Waals surface area contributed by atoms with E-state index >= 15 is 0 Å². The third-order valence-electron chi connectivity index (χ3n) is 4.87. The van der Waals surface area contributed by atoms with E-state index in [-0.39, 0.29) is 17.9 Å². The molecule has 2 aromatic rings. The molecule has 0 bridgehead atoms. The van der Waals surface area contributed by atoms with Crippen LogP contribution in [0.5, 0.6) is 5.75 Å². The summed E-state index contributed by atoms with van der Waals surface area (Å²) in [5, 5.41) is 14.1. The van der Waals surface area contributed by atoms with Crippen molar-refractivity contribution in [3.05, 3.63) is 41.7 Å². The van der Waals surface area contributed by atoms with E-state index in [1.807, 2.05) is 44.2 Å². The van der Waals surface area contributed by atoms with Crippen LogP contribution in [0.15, 0.2) is 30.3 Å². The summed E-state index contributed by atoms with van der Waals surface area (Å²) in [6, 6.07) is 9.38. The minimum atomic E-state index is -0.221. The van der Waals surface area contributed by atoms with Crippen molar-refractivity contribution in [1.29, 1.82) is 0 Å². The summed E-state index contributed by atoms with van der Waals surface area (Å²) in [7, 11) is 1.63. The van der Waals surface area contributed by atoms with Gasteiger partial charge in [0, 0.05) is 24.2 Å². The number of carbonyl (C=O) groups is 1. The van der Waals surface area contributed by atoms with Crippen LogP contribution in [-0.2, 0) is 0 Å². The van der Waals surface area contributed by atoms with Crippen molar-refractivity contribution in [2.45, 2.75) is 26.7 Å². The van der Waals surface area contributed by atoms with Gasteiger partial charge in [0.05, 0.1) is 19.4 Å². The van der Waals surface area contributed by atoms with Crippen molar-refractivity contribution in [3.63, 3.8) is 0 Å². The first-order chi connectivity index (χ1) is 12.0. The maximum atomic E-state index is 12.8. The number of aromatic nitrogens is 2. The smallest absolute Gasteiger partial charge is 0.274 e. The monoisotopic (exact) mass is 343 g/mol. The molecule has 1 amide bonds. The molecule has 1 aliphatic heterocycles. The summed E-state index contributed by atoms with van der Waals surface area (Å²) in [5.41, 5.74) is 2.00. The molecule has 134 valence electrons. The van der Waals surface area contributed by atoms with E-state index in [0.29, 0.717) is 18.8 Å². The molecule has 6 nitrogen and oxygen atoms in total. The molecule has 1 atom stereocenters. The van der Waals surface area contributed by atoms with Crippen LogP contribution in [0, 0.1) is 12.3 Å². The van der Waals surface area contributed by atoms with Crippen LogP contribution >= 0.6 is 0 Å². The van der Waals surface area contributed by atoms with Gasteiger partial charge in [-0.05, 0) is 50.1 Å². The zero-order valence-corrected chi connectivity index (χ0v) is 15.0. The number of methoxy groups -OCH3 is 1. The topological polar surface area (TPSA) is 67.6 Å². The fourth-order valence-electron chi connectivity index (χ4n) is 3.34. The van der Waals surface area contributed by atoms with Gasteiger partial charge in [0.15, 0.2) is 5.69 Å². The molecule has 1 N–H and O–H groups in total. The van der Waals surface area contributed by atoms with Gasteiger partial charge in [0.25, 0.3) is 5.91 Å². The highest BCUT2D eigenvalue weighted by Crippen LogP contribution is 2.29. The summed E-state index contributed by atoms with van der Waals surface area (Å²) in [6.45, 7) is 5.32. The SMILES string of the molecule is COc1ccc(-n2nc(C(=O)N3CCCC(C)(CO)C3)cc2C)cc1. The second kappa shape index (κ2) is 6.88. The van der Waals surface area contributed by atoms with E-state index in [1.54, 1.807) is 16.7 Å². The Morgan fingerprint density at radius 2 is 2.08 bits per heavy atom. The van der Waals surface area contributed by atoms with Crippen molar-refractivity contribution in [2.75, 3.05) is 26.8 Å². The third kappa shape index (κ3) is 3.54. The standard InChI is InChI=1S/C19H25N3O3/c1-14-11-17(18(24)21-10-4-9-19(2,12-21)13-23)20-22(14)15-5-7-16(25-3)8-6-15/h5-8,11,23H,4,9-10,12-13H2,1-3H3. The normalized spacial score (nSPS) is 20.6. The number of piperidine rings is 1. The van der Waals surface area contributed by atoms with Crippen molar-refractivity contribution < 1.29 is 14.6 Å². The first kappa shape index (κ1) is 17.5. The molecular weight excluding hydrogens is 318 g/mol. The Hall–Kier alpha value is -2.34. The van der Waals surface area contributed by atoms with E-state index in [0.717, 1.165) is 30.0 Å². The molecule has 1 unspecified atom stereocenters. The number of benzene rings is 1. The molecule has 1 saturated heterocycles. The van der Waals surface area contributed by atoms with Crippen LogP contribution in [0.2, 0.25) is 0 Å². The number of amides is 1. The number of aryl methyl sites for hydroxylation is 1. The van der Waals surface area contributed by atoms with Gasteiger partial charge in [-0.15, -0.1) is 0 Å². The van der Waals surface area contributed by atoms with Crippen LogP contribution in [0.4, 0.5) is 0 Å². The molecule has 1 aliphatic rings. The van der Waals surface area contributed by atoms with E-state index in [9.17, 15) is 9.90 Å². The zero-order valence-electron chi connectivity index (χ0n) is 15.0. The number of carbonyl (C=O) groups excluding carboxylic acids is 1. The Kier molecular flexibility index (Phi) is 4.81. The van der Waals surface area contributed by atoms with Crippen LogP contribution in [-0.4, -0.2) is 52.5 Å². The number of aliphatic hydroxyl groups excluding tert-OH is 1. The minimum Gasteiger partial charge on any atom is -0.497 e. The molecule has 3 rings (SSSR count). The van der Waals surface area contributed by atoms with Gasteiger partial charge in [-0.25, -0.2) is 4.68 Å². The highest BCUT2D eigenvalue weighted by molar-refractivity contribution is 5.92. The lowest BCUT2D eigenvalue weighted by molar-refractivity contribution is 0.0353. The van der Waals surface area contributed by atoms with Crippen molar-refractivity contribution >= 4 is 5.91 Å². The molecule has 0 saturated carbocycles. The second-order valence-corrected chi connectivity index (χ2v) is 7.08. The number of hydrogen-bond donors (Lipinski definition) is 1. The van der Waals surface area contributed by atoms with E-state index in [4.69, 9.17) is 4.74 Å². The maximum Gasteiger partial charge on any atom is 0.274 e. The first-order valence-electron chi connectivity index (χ1n) is 8.57. The van der Waals surface area contributed by atoms with Gasteiger partial charge < -0.3 is 14.7 Å². The number of likely N-dealkylation sites (tertiary alicyclic amines) is 1. The summed E-state index contributed by atoms with van der Waals surface area (Å²) in [4.78, 5) is 14.7. The van der Waals surface area contributed by atoms with Gasteiger partial charge in [-0.1, -0.05) is 6.92 Å². The van der Waals surface area contributed by atoms with Gasteiger partial charge in [0.2, 0.25) is 0 Å². The van der Waals surface area contributed by atoms with Crippen molar-refractivity contribution in [1.82, 2.24) is 14.7 Å². The van der Waals surface area contributed by atoms with Crippen LogP contribution in [0.25, 0.3) is 5.69 Å². The molecule has 6 heteroatoms. The summed E-state index contributed by atoms with van der Waals surface area (Å²) in [5.74, 6) is 0.705. The van der Waals surface area contributed by atoms with Gasteiger partial charge in [0.1, 0.15) is 5.75 Å². The zero-order chi connectivity index (χ0) is 18.0. The lowest BCUT2D eigenvalue weighted by Gasteiger charge is -2.39. The molecule has 0 spiro atoms. The predicted octanol–water partition coefficient (Wildman–Crippen LogP) is 2.42. The Bertz CT molecular complexity index is 754. The third-order valence-corrected chi connectivity index (χ3v) is 4.87. The Labute approximate surface area is 148 Å². The Balaban J connectivity index is 1.82. The molecule has 1 aromatic carbocycles. The average molecular weight is 343 g/mol. The summed E-state index contributed by atoms with van der Waals surface area (Å²) in [6.07, 6.45) is 1.84. The van der Waals surface area contributed by atoms with E-state index in [1.165, 1.54) is 0 Å². The van der Waals surface area contributed by atoms with Crippen molar-refractivity contribution in [2.24, 2.45) is 5.41 Å². The highest BCUT2D eigenvalue weighted by Gasteiger charge is 2.33. The molecule has 1 aromatic heterocycles. The Morgan fingerprint density at radius 1 is 1.36 bits per heavy atom. The number of nitrogens with zero attached hydrogens (tertiary/aromatic N) is 3. The fraction of sp³-hybridized carbons (Fsp3) is 0.474. The lowest BCUT2D eigenvalue weighted by atomic mass is 9.83. The lowest BCUT2D eigenvalue weighted by Crippen LogP contribution is -2.46. The first-order valence-corrected chi connectivity index (χ1v) is 8.57. The minimum absolute atomic E-state index is 0.0743. The van der Waals surface area contributed by atoms with Gasteiger partial charge in [-0.3, -0.25) is 4.79 Å². The summed E-state index contributed by atoms with van der Waals surface area (Å²) < 4.78 is 6.94. The number of ether oxygens (including phenoxy) is 1. The number of aliphatic hydroxyl groups is 1. The Morgan fingerprint density at radius 3 is 2.72 bits per heavy atom. The number of hydrogen-bond acceptors (Lipinski definition) is 4. The molecule has 2 heterocycles. The number of rotatable bonds is 4. The molecule has 1 fully saturated rings. The predicted molar refractivity (Wildman–Crippen MR) is 95.2 cm³/mol. The second-order valence-electron chi connectivity index (χ2n) is 7.08. The van der Waals surface area contributed by atoms with Crippen LogP contribution < -0.4 is 4.74 Å².